The number of hydrogen-bond acceptors (Lipinski definition) is 4. The zero-order chi connectivity index (χ0) is 13.8. The van der Waals surface area contributed by atoms with Crippen LogP contribution in [-0.4, -0.2) is 30.2 Å². The molecule has 2 unspecified atom stereocenters. The van der Waals surface area contributed by atoms with Crippen molar-refractivity contribution >= 4 is 17.3 Å². The molecule has 0 bridgehead atoms. The molecule has 19 heavy (non-hydrogen) atoms. The maximum absolute atomic E-state index is 11.5. The first-order valence-electron chi connectivity index (χ1n) is 6.68. The number of benzene rings is 1. The minimum atomic E-state index is -0.327. The number of hydrogen-bond donors (Lipinski definition) is 4. The summed E-state index contributed by atoms with van der Waals surface area (Å²) < 4.78 is 0. The van der Waals surface area contributed by atoms with Gasteiger partial charge in [-0.2, -0.15) is 0 Å². The Morgan fingerprint density at radius 3 is 2.74 bits per heavy atom. The van der Waals surface area contributed by atoms with Crippen LogP contribution in [0.4, 0.5) is 11.4 Å². The van der Waals surface area contributed by atoms with Crippen LogP contribution in [0.2, 0.25) is 0 Å². The van der Waals surface area contributed by atoms with E-state index in [-0.39, 0.29) is 18.1 Å². The summed E-state index contributed by atoms with van der Waals surface area (Å²) >= 11 is 0. The monoisotopic (exact) mass is 263 g/mol. The molecule has 104 valence electrons. The second kappa shape index (κ2) is 5.93. The van der Waals surface area contributed by atoms with Gasteiger partial charge in [0.2, 0.25) is 0 Å². The van der Waals surface area contributed by atoms with E-state index in [4.69, 9.17) is 5.73 Å². The second-order valence-electron chi connectivity index (χ2n) is 4.98. The minimum absolute atomic E-state index is 0.0434. The van der Waals surface area contributed by atoms with Crippen LogP contribution in [0.5, 0.6) is 0 Å². The summed E-state index contributed by atoms with van der Waals surface area (Å²) in [6.07, 6.45) is 3.63. The number of carbonyl (C=O) groups excluding carboxylic acids is 1. The van der Waals surface area contributed by atoms with Crippen LogP contribution in [0.3, 0.4) is 0 Å². The maximum atomic E-state index is 11.5. The molecule has 0 aliphatic heterocycles. The van der Waals surface area contributed by atoms with Gasteiger partial charge in [0.25, 0.3) is 5.91 Å². The molecule has 0 radical (unpaired) electrons. The van der Waals surface area contributed by atoms with Gasteiger partial charge in [0, 0.05) is 12.6 Å². The molecule has 2 atom stereocenters. The fourth-order valence-electron chi connectivity index (χ4n) is 2.46. The molecule has 0 heterocycles. The smallest absolute Gasteiger partial charge is 0.251 e. The Bertz CT molecular complexity index is 462. The van der Waals surface area contributed by atoms with Crippen LogP contribution < -0.4 is 16.4 Å². The van der Waals surface area contributed by atoms with E-state index < -0.39 is 0 Å². The number of nitrogens with two attached hydrogens (primary N) is 1. The average Bonchev–Trinajstić information content (AvgIpc) is 2.42. The van der Waals surface area contributed by atoms with Gasteiger partial charge in [0.1, 0.15) is 0 Å². The molecule has 1 fully saturated rings. The number of amides is 1. The summed E-state index contributed by atoms with van der Waals surface area (Å²) in [5.74, 6) is -0.157. The molecule has 5 N–H and O–H groups in total. The Balaban J connectivity index is 2.10. The van der Waals surface area contributed by atoms with Gasteiger partial charge in [0.05, 0.1) is 23.5 Å². The van der Waals surface area contributed by atoms with Gasteiger partial charge in [-0.15, -0.1) is 0 Å². The first kappa shape index (κ1) is 13.7. The molecule has 1 amide bonds. The van der Waals surface area contributed by atoms with Crippen molar-refractivity contribution in [3.05, 3.63) is 23.8 Å². The molecule has 0 aromatic heterocycles. The normalized spacial score (nSPS) is 22.8. The lowest BCUT2D eigenvalue weighted by atomic mass is 9.92. The van der Waals surface area contributed by atoms with Gasteiger partial charge >= 0.3 is 0 Å². The number of carbonyl (C=O) groups is 1. The number of aliphatic hydroxyl groups excluding tert-OH is 1. The summed E-state index contributed by atoms with van der Waals surface area (Å²) in [4.78, 5) is 11.5. The fraction of sp³-hybridized carbons (Fsp3) is 0.500. The molecule has 1 aliphatic rings. The van der Waals surface area contributed by atoms with Gasteiger partial charge in [0.15, 0.2) is 0 Å². The third-order valence-corrected chi connectivity index (χ3v) is 3.61. The molecule has 5 heteroatoms. The quantitative estimate of drug-likeness (QED) is 0.620. The number of aliphatic hydroxyl groups is 1. The van der Waals surface area contributed by atoms with E-state index in [1.54, 1.807) is 25.2 Å². The van der Waals surface area contributed by atoms with Gasteiger partial charge in [-0.1, -0.05) is 12.8 Å². The molecule has 1 aromatic rings. The maximum Gasteiger partial charge on any atom is 0.251 e. The second-order valence-corrected chi connectivity index (χ2v) is 4.98. The van der Waals surface area contributed by atoms with Gasteiger partial charge in [-0.3, -0.25) is 4.79 Å². The Kier molecular flexibility index (Phi) is 4.27. The Morgan fingerprint density at radius 2 is 2.11 bits per heavy atom. The van der Waals surface area contributed by atoms with E-state index in [1.165, 1.54) is 0 Å². The first-order valence-corrected chi connectivity index (χ1v) is 6.68. The number of nitrogens with one attached hydrogen (secondary N) is 2. The molecule has 5 nitrogen and oxygen atoms in total. The SMILES string of the molecule is CNC(=O)c1ccc(NC2CCCCC2O)c(N)c1. The van der Waals surface area contributed by atoms with Crippen molar-refractivity contribution in [1.29, 1.82) is 0 Å². The van der Waals surface area contributed by atoms with Crippen molar-refractivity contribution in [1.82, 2.24) is 5.32 Å². The topological polar surface area (TPSA) is 87.4 Å². The molecule has 2 rings (SSSR count). The summed E-state index contributed by atoms with van der Waals surface area (Å²) in [7, 11) is 1.59. The highest BCUT2D eigenvalue weighted by molar-refractivity contribution is 5.95. The van der Waals surface area contributed by atoms with Crippen LogP contribution in [0.25, 0.3) is 0 Å². The third-order valence-electron chi connectivity index (χ3n) is 3.61. The highest BCUT2D eigenvalue weighted by atomic mass is 16.3. The number of anilines is 2. The van der Waals surface area contributed by atoms with Crippen molar-refractivity contribution in [2.75, 3.05) is 18.1 Å². The Labute approximate surface area is 113 Å². The molecule has 1 saturated carbocycles. The highest BCUT2D eigenvalue weighted by Crippen LogP contribution is 2.26. The Hall–Kier alpha value is -1.75. The zero-order valence-electron chi connectivity index (χ0n) is 11.1. The lowest BCUT2D eigenvalue weighted by molar-refractivity contribution is 0.0963. The summed E-state index contributed by atoms with van der Waals surface area (Å²) in [5.41, 5.74) is 7.79. The number of rotatable bonds is 3. The molecular weight excluding hydrogens is 242 g/mol. The average molecular weight is 263 g/mol. The molecule has 0 saturated heterocycles. The third kappa shape index (κ3) is 3.17. The first-order chi connectivity index (χ1) is 9.11. The van der Waals surface area contributed by atoms with Crippen LogP contribution >= 0.6 is 0 Å². The summed E-state index contributed by atoms with van der Waals surface area (Å²) in [6.45, 7) is 0. The number of nitrogen functional groups attached to an aromatic ring is 1. The van der Waals surface area contributed by atoms with Crippen molar-refractivity contribution in [3.63, 3.8) is 0 Å². The van der Waals surface area contributed by atoms with Gasteiger partial charge < -0.3 is 21.5 Å². The van der Waals surface area contributed by atoms with E-state index in [0.29, 0.717) is 11.3 Å². The molecule has 1 aromatic carbocycles. The lowest BCUT2D eigenvalue weighted by Crippen LogP contribution is -2.36. The largest absolute Gasteiger partial charge is 0.397 e. The zero-order valence-corrected chi connectivity index (χ0v) is 11.1. The van der Waals surface area contributed by atoms with E-state index >= 15 is 0 Å². The van der Waals surface area contributed by atoms with E-state index in [9.17, 15) is 9.90 Å². The van der Waals surface area contributed by atoms with E-state index in [0.717, 1.165) is 31.4 Å². The van der Waals surface area contributed by atoms with Crippen LogP contribution in [0.15, 0.2) is 18.2 Å². The van der Waals surface area contributed by atoms with Crippen molar-refractivity contribution in [3.8, 4) is 0 Å². The summed E-state index contributed by atoms with van der Waals surface area (Å²) in [5, 5.41) is 15.8. The van der Waals surface area contributed by atoms with Crippen LogP contribution in [0.1, 0.15) is 36.0 Å². The van der Waals surface area contributed by atoms with Crippen molar-refractivity contribution in [2.24, 2.45) is 0 Å². The molecular formula is C14H21N3O2. The summed E-state index contributed by atoms with van der Waals surface area (Å²) in [6, 6.07) is 5.21. The highest BCUT2D eigenvalue weighted by Gasteiger charge is 2.23. The lowest BCUT2D eigenvalue weighted by Gasteiger charge is -2.29. The standard InChI is InChI=1S/C14H21N3O2/c1-16-14(19)9-6-7-11(10(15)8-9)17-12-4-2-3-5-13(12)18/h6-8,12-13,17-18H,2-5,15H2,1H3,(H,16,19). The predicted molar refractivity (Wildman–Crippen MR) is 76.1 cm³/mol. The minimum Gasteiger partial charge on any atom is -0.397 e. The van der Waals surface area contributed by atoms with E-state index in [1.807, 2.05) is 0 Å². The Morgan fingerprint density at radius 1 is 1.37 bits per heavy atom. The van der Waals surface area contributed by atoms with E-state index in [2.05, 4.69) is 10.6 Å². The van der Waals surface area contributed by atoms with Crippen LogP contribution in [0, 0.1) is 0 Å². The molecule has 1 aliphatic carbocycles. The van der Waals surface area contributed by atoms with Gasteiger partial charge in [-0.25, -0.2) is 0 Å². The van der Waals surface area contributed by atoms with Crippen molar-refractivity contribution in [2.45, 2.75) is 37.8 Å². The van der Waals surface area contributed by atoms with Gasteiger partial charge in [-0.05, 0) is 31.0 Å². The fourth-order valence-corrected chi connectivity index (χ4v) is 2.46. The van der Waals surface area contributed by atoms with Crippen LogP contribution in [-0.2, 0) is 0 Å². The predicted octanol–water partition coefficient (Wildman–Crippen LogP) is 1.34. The molecule has 0 spiro atoms. The van der Waals surface area contributed by atoms with Crippen molar-refractivity contribution < 1.29 is 9.90 Å².